The Labute approximate surface area is 203 Å². The lowest BCUT2D eigenvalue weighted by Gasteiger charge is -2.20. The van der Waals surface area contributed by atoms with Crippen LogP contribution in [0, 0.1) is 6.92 Å². The van der Waals surface area contributed by atoms with E-state index in [1.165, 1.54) is 28.4 Å². The lowest BCUT2D eigenvalue weighted by Crippen LogP contribution is -2.32. The van der Waals surface area contributed by atoms with Gasteiger partial charge in [-0.2, -0.15) is 13.2 Å². The van der Waals surface area contributed by atoms with E-state index in [-0.39, 0.29) is 18.0 Å². The van der Waals surface area contributed by atoms with Crippen molar-refractivity contribution < 1.29 is 18.0 Å². The molecule has 0 fully saturated rings. The molecular formula is C22H19Cl2F3N4OS. The van der Waals surface area contributed by atoms with E-state index < -0.39 is 17.6 Å². The molecule has 0 radical (unpaired) electrons. The van der Waals surface area contributed by atoms with Gasteiger partial charge in [-0.3, -0.25) is 9.69 Å². The number of anilines is 1. The summed E-state index contributed by atoms with van der Waals surface area (Å²) in [5.41, 5.74) is 0.991. The van der Waals surface area contributed by atoms with Crippen LogP contribution in [-0.4, -0.2) is 27.0 Å². The summed E-state index contributed by atoms with van der Waals surface area (Å²) in [4.78, 5) is 23.4. The van der Waals surface area contributed by atoms with E-state index in [0.29, 0.717) is 29.7 Å². The van der Waals surface area contributed by atoms with Crippen molar-refractivity contribution in [2.75, 3.05) is 11.4 Å². The Balaban J connectivity index is 0.00000306. The molecule has 0 atom stereocenters. The standard InChI is InChI=1S/C22H18ClF3N4OS.ClH/c1-14-11-17(23)12-18-19(14)28-21(32-18)30(9-2-8-29-10-7-27-13-29)20(31)15-3-5-16(6-4-15)22(24,25)26;/h3-7,10-13H,2,8-9H2,1H3;1H. The van der Waals surface area contributed by atoms with Gasteiger partial charge in [-0.1, -0.05) is 22.9 Å². The van der Waals surface area contributed by atoms with Gasteiger partial charge in [0.05, 0.1) is 22.1 Å². The number of hydrogen-bond donors (Lipinski definition) is 0. The molecule has 11 heteroatoms. The van der Waals surface area contributed by atoms with Crippen molar-refractivity contribution in [2.45, 2.75) is 26.1 Å². The summed E-state index contributed by atoms with van der Waals surface area (Å²) in [6.07, 6.45) is 1.33. The maximum atomic E-state index is 13.3. The molecule has 0 spiro atoms. The fourth-order valence-corrected chi connectivity index (χ4v) is 4.77. The minimum atomic E-state index is -4.46. The molecule has 0 aliphatic carbocycles. The highest BCUT2D eigenvalue weighted by Crippen LogP contribution is 2.34. The zero-order valence-electron chi connectivity index (χ0n) is 17.3. The highest BCUT2D eigenvalue weighted by molar-refractivity contribution is 7.22. The van der Waals surface area contributed by atoms with E-state index in [4.69, 9.17) is 11.6 Å². The van der Waals surface area contributed by atoms with Crippen molar-refractivity contribution in [1.82, 2.24) is 14.5 Å². The first kappa shape index (κ1) is 25.0. The molecule has 0 aliphatic heterocycles. The molecule has 33 heavy (non-hydrogen) atoms. The molecule has 0 unspecified atom stereocenters. The first-order valence-electron chi connectivity index (χ1n) is 9.74. The number of alkyl halides is 3. The first-order valence-corrected chi connectivity index (χ1v) is 10.9. The maximum absolute atomic E-state index is 13.3. The van der Waals surface area contributed by atoms with Crippen LogP contribution in [0.1, 0.15) is 27.9 Å². The third-order valence-electron chi connectivity index (χ3n) is 4.93. The molecule has 0 aliphatic rings. The van der Waals surface area contributed by atoms with Crippen molar-refractivity contribution in [2.24, 2.45) is 0 Å². The predicted octanol–water partition coefficient (Wildman–Crippen LogP) is 6.63. The summed E-state index contributed by atoms with van der Waals surface area (Å²) >= 11 is 7.48. The van der Waals surface area contributed by atoms with Crippen molar-refractivity contribution in [3.8, 4) is 0 Å². The minimum Gasteiger partial charge on any atom is -0.337 e. The molecular weight excluding hydrogens is 496 g/mol. The van der Waals surface area contributed by atoms with E-state index in [1.54, 1.807) is 24.7 Å². The molecule has 2 aromatic carbocycles. The van der Waals surface area contributed by atoms with Crippen LogP contribution in [0.15, 0.2) is 55.1 Å². The molecule has 2 aromatic heterocycles. The van der Waals surface area contributed by atoms with Crippen molar-refractivity contribution in [3.05, 3.63) is 76.8 Å². The van der Waals surface area contributed by atoms with Crippen LogP contribution in [0.5, 0.6) is 0 Å². The van der Waals surface area contributed by atoms with E-state index in [1.807, 2.05) is 17.7 Å². The molecule has 2 heterocycles. The number of carbonyl (C=O) groups excluding carboxylic acids is 1. The molecule has 5 nitrogen and oxygen atoms in total. The highest BCUT2D eigenvalue weighted by atomic mass is 35.5. The third-order valence-corrected chi connectivity index (χ3v) is 6.18. The van der Waals surface area contributed by atoms with Crippen LogP contribution >= 0.6 is 35.3 Å². The van der Waals surface area contributed by atoms with Gasteiger partial charge in [0.2, 0.25) is 0 Å². The van der Waals surface area contributed by atoms with Crippen LogP contribution < -0.4 is 4.90 Å². The summed E-state index contributed by atoms with van der Waals surface area (Å²) in [5, 5.41) is 1.05. The summed E-state index contributed by atoms with van der Waals surface area (Å²) in [7, 11) is 0. The molecule has 4 aromatic rings. The van der Waals surface area contributed by atoms with Crippen molar-refractivity contribution in [3.63, 3.8) is 0 Å². The summed E-state index contributed by atoms with van der Waals surface area (Å²) in [5.74, 6) is -0.410. The lowest BCUT2D eigenvalue weighted by molar-refractivity contribution is -0.137. The second-order valence-corrected chi connectivity index (χ2v) is 8.70. The Bertz CT molecular complexity index is 1240. The van der Waals surface area contributed by atoms with Crippen molar-refractivity contribution >= 4 is 56.6 Å². The van der Waals surface area contributed by atoms with Gasteiger partial charge in [-0.15, -0.1) is 12.4 Å². The van der Waals surface area contributed by atoms with E-state index in [2.05, 4.69) is 9.97 Å². The largest absolute Gasteiger partial charge is 0.416 e. The number of hydrogen-bond acceptors (Lipinski definition) is 4. The van der Waals surface area contributed by atoms with Gasteiger partial charge >= 0.3 is 6.18 Å². The Morgan fingerprint density at radius 1 is 1.21 bits per heavy atom. The SMILES string of the molecule is Cc1cc(Cl)cc2sc(N(CCCn3ccnc3)C(=O)c3ccc(C(F)(F)F)cc3)nc12.Cl. The number of halogens is 5. The molecule has 0 bridgehead atoms. The van der Waals surface area contributed by atoms with Crippen LogP contribution in [-0.2, 0) is 12.7 Å². The lowest BCUT2D eigenvalue weighted by atomic mass is 10.1. The van der Waals surface area contributed by atoms with Gasteiger partial charge in [-0.25, -0.2) is 9.97 Å². The van der Waals surface area contributed by atoms with Gasteiger partial charge in [0, 0.05) is 36.1 Å². The number of carbonyl (C=O) groups is 1. The minimum absolute atomic E-state index is 0. The fraction of sp³-hybridized carbons (Fsp3) is 0.227. The maximum Gasteiger partial charge on any atom is 0.416 e. The Kier molecular flexibility index (Phi) is 7.66. The Morgan fingerprint density at radius 2 is 1.94 bits per heavy atom. The molecule has 4 rings (SSSR count). The molecule has 0 N–H and O–H groups in total. The average Bonchev–Trinajstić information content (AvgIpc) is 3.40. The number of imidazole rings is 1. The van der Waals surface area contributed by atoms with Crippen molar-refractivity contribution in [1.29, 1.82) is 0 Å². The van der Waals surface area contributed by atoms with Crippen LogP contribution in [0.3, 0.4) is 0 Å². The van der Waals surface area contributed by atoms with Crippen LogP contribution in [0.4, 0.5) is 18.3 Å². The number of nitrogens with zero attached hydrogens (tertiary/aromatic N) is 4. The number of aryl methyl sites for hydroxylation is 2. The van der Waals surface area contributed by atoms with Gasteiger partial charge in [-0.05, 0) is 55.3 Å². The number of fused-ring (bicyclic) bond motifs is 1. The van der Waals surface area contributed by atoms with Gasteiger partial charge in [0.15, 0.2) is 5.13 Å². The van der Waals surface area contributed by atoms with E-state index >= 15 is 0 Å². The molecule has 1 amide bonds. The molecule has 0 saturated heterocycles. The van der Waals surface area contributed by atoms with Crippen LogP contribution in [0.25, 0.3) is 10.2 Å². The van der Waals surface area contributed by atoms with E-state index in [0.717, 1.165) is 27.9 Å². The quantitative estimate of drug-likeness (QED) is 0.290. The summed E-state index contributed by atoms with van der Waals surface area (Å²) in [6.45, 7) is 2.86. The molecule has 0 saturated carbocycles. The normalized spacial score (nSPS) is 11.4. The third kappa shape index (κ3) is 5.66. The second-order valence-electron chi connectivity index (χ2n) is 7.25. The highest BCUT2D eigenvalue weighted by Gasteiger charge is 2.30. The number of thiazole rings is 1. The van der Waals surface area contributed by atoms with Gasteiger partial charge in [0.25, 0.3) is 5.91 Å². The Morgan fingerprint density at radius 3 is 2.58 bits per heavy atom. The summed E-state index contributed by atoms with van der Waals surface area (Å²) in [6, 6.07) is 7.82. The smallest absolute Gasteiger partial charge is 0.337 e. The first-order chi connectivity index (χ1) is 15.2. The van der Waals surface area contributed by atoms with Crippen LogP contribution in [0.2, 0.25) is 5.02 Å². The number of amides is 1. The monoisotopic (exact) mass is 514 g/mol. The topological polar surface area (TPSA) is 51.0 Å². The Hall–Kier alpha value is -2.62. The zero-order chi connectivity index (χ0) is 22.9. The second kappa shape index (κ2) is 10.1. The molecule has 174 valence electrons. The average molecular weight is 515 g/mol. The number of aromatic nitrogens is 3. The van der Waals surface area contributed by atoms with Gasteiger partial charge < -0.3 is 4.57 Å². The zero-order valence-corrected chi connectivity index (χ0v) is 19.7. The number of benzene rings is 2. The predicted molar refractivity (Wildman–Crippen MR) is 127 cm³/mol. The van der Waals surface area contributed by atoms with Gasteiger partial charge in [0.1, 0.15) is 0 Å². The van der Waals surface area contributed by atoms with E-state index in [9.17, 15) is 18.0 Å². The fourth-order valence-electron chi connectivity index (χ4n) is 3.33. The number of rotatable bonds is 6. The summed E-state index contributed by atoms with van der Waals surface area (Å²) < 4.78 is 41.5.